The second-order valence-electron chi connectivity index (χ2n) is 4.86. The molecule has 1 aromatic rings. The molecular formula is C11H17N3O3S. The van der Waals surface area contributed by atoms with Crippen LogP contribution >= 0.6 is 12.6 Å². The Morgan fingerprint density at radius 2 is 2.28 bits per heavy atom. The van der Waals surface area contributed by atoms with Gasteiger partial charge in [0.25, 0.3) is 0 Å². The molecular weight excluding hydrogens is 254 g/mol. The minimum Gasteiger partial charge on any atom is -0.381 e. The van der Waals surface area contributed by atoms with Gasteiger partial charge >= 0.3 is 5.82 Å². The Balaban J connectivity index is 2.16. The van der Waals surface area contributed by atoms with Gasteiger partial charge in [-0.25, -0.2) is 0 Å². The topological polar surface area (TPSA) is 70.2 Å². The van der Waals surface area contributed by atoms with E-state index in [4.69, 9.17) is 4.74 Å². The number of aromatic nitrogens is 2. The van der Waals surface area contributed by atoms with Crippen molar-refractivity contribution in [2.45, 2.75) is 26.3 Å². The molecule has 1 fully saturated rings. The highest BCUT2D eigenvalue weighted by Gasteiger charge is 2.33. The molecule has 7 heteroatoms. The lowest BCUT2D eigenvalue weighted by Gasteiger charge is -2.34. The monoisotopic (exact) mass is 271 g/mol. The lowest BCUT2D eigenvalue weighted by atomic mass is 9.82. The van der Waals surface area contributed by atoms with Crippen LogP contribution in [0.2, 0.25) is 0 Å². The third-order valence-corrected chi connectivity index (χ3v) is 4.15. The van der Waals surface area contributed by atoms with E-state index in [0.717, 1.165) is 31.8 Å². The Labute approximate surface area is 111 Å². The maximum atomic E-state index is 10.8. The average molecular weight is 271 g/mol. The fourth-order valence-electron chi connectivity index (χ4n) is 2.29. The number of hydrogen-bond acceptors (Lipinski definition) is 5. The van der Waals surface area contributed by atoms with Crippen LogP contribution in [-0.2, 0) is 11.3 Å². The zero-order valence-electron chi connectivity index (χ0n) is 10.3. The summed E-state index contributed by atoms with van der Waals surface area (Å²) in [6.07, 6.45) is 3.57. The maximum absolute atomic E-state index is 10.8. The van der Waals surface area contributed by atoms with Crippen LogP contribution in [0, 0.1) is 22.5 Å². The van der Waals surface area contributed by atoms with Crippen LogP contribution in [0.25, 0.3) is 0 Å². The molecule has 6 nitrogen and oxygen atoms in total. The molecule has 0 atom stereocenters. The first-order valence-corrected chi connectivity index (χ1v) is 6.57. The molecule has 1 aromatic heterocycles. The van der Waals surface area contributed by atoms with Gasteiger partial charge in [-0.3, -0.25) is 0 Å². The second kappa shape index (κ2) is 5.27. The number of thiol groups is 1. The number of nitrogens with zero attached hydrogens (tertiary/aromatic N) is 3. The van der Waals surface area contributed by atoms with Gasteiger partial charge in [-0.15, -0.1) is 0 Å². The molecule has 2 rings (SSSR count). The van der Waals surface area contributed by atoms with Crippen LogP contribution in [0.15, 0.2) is 6.20 Å². The van der Waals surface area contributed by atoms with E-state index < -0.39 is 4.92 Å². The minimum absolute atomic E-state index is 0.0354. The fraction of sp³-hybridized carbons (Fsp3) is 0.727. The van der Waals surface area contributed by atoms with Crippen molar-refractivity contribution in [1.29, 1.82) is 0 Å². The summed E-state index contributed by atoms with van der Waals surface area (Å²) in [5.41, 5.74) is 0.634. The molecule has 2 heterocycles. The molecule has 0 saturated carbocycles. The van der Waals surface area contributed by atoms with Crippen LogP contribution in [0.5, 0.6) is 0 Å². The van der Waals surface area contributed by atoms with E-state index in [0.29, 0.717) is 12.1 Å². The summed E-state index contributed by atoms with van der Waals surface area (Å²) in [5, 5.41) is 14.8. The summed E-state index contributed by atoms with van der Waals surface area (Å²) in [5.74, 6) is 0.680. The van der Waals surface area contributed by atoms with Crippen molar-refractivity contribution in [3.05, 3.63) is 21.9 Å². The maximum Gasteiger partial charge on any atom is 0.392 e. The molecule has 0 bridgehead atoms. The lowest BCUT2D eigenvalue weighted by Crippen LogP contribution is -2.35. The minimum atomic E-state index is -0.441. The van der Waals surface area contributed by atoms with E-state index in [1.165, 1.54) is 0 Å². The molecule has 0 spiro atoms. The molecule has 0 amide bonds. The lowest BCUT2D eigenvalue weighted by molar-refractivity contribution is -0.390. The van der Waals surface area contributed by atoms with Crippen LogP contribution in [0.3, 0.4) is 0 Å². The summed E-state index contributed by atoms with van der Waals surface area (Å²) < 4.78 is 7.04. The summed E-state index contributed by atoms with van der Waals surface area (Å²) in [6, 6.07) is 0. The molecule has 0 aliphatic carbocycles. The van der Waals surface area contributed by atoms with Crippen molar-refractivity contribution < 1.29 is 9.66 Å². The van der Waals surface area contributed by atoms with E-state index in [1.54, 1.807) is 17.8 Å². The standard InChI is InChI=1S/C11H17N3O3S/c1-9-6-13(12-10(9)14(15)16)7-11(8-18)2-4-17-5-3-11/h6,18H,2-5,7-8H2,1H3. The number of rotatable bonds is 4. The van der Waals surface area contributed by atoms with E-state index in [2.05, 4.69) is 17.7 Å². The predicted molar refractivity (Wildman–Crippen MR) is 70.0 cm³/mol. The van der Waals surface area contributed by atoms with Gasteiger partial charge in [0.1, 0.15) is 0 Å². The molecule has 1 saturated heterocycles. The predicted octanol–water partition coefficient (Wildman–Crippen LogP) is 1.83. The molecule has 0 N–H and O–H groups in total. The van der Waals surface area contributed by atoms with Gasteiger partial charge in [-0.05, 0) is 30.4 Å². The van der Waals surface area contributed by atoms with Gasteiger partial charge in [-0.2, -0.15) is 17.3 Å². The van der Waals surface area contributed by atoms with Crippen LogP contribution in [-0.4, -0.2) is 33.7 Å². The summed E-state index contributed by atoms with van der Waals surface area (Å²) in [7, 11) is 0. The number of aryl methyl sites for hydroxylation is 1. The summed E-state index contributed by atoms with van der Waals surface area (Å²) >= 11 is 4.42. The molecule has 0 aromatic carbocycles. The zero-order chi connectivity index (χ0) is 13.2. The van der Waals surface area contributed by atoms with Crippen molar-refractivity contribution in [2.24, 2.45) is 5.41 Å². The zero-order valence-corrected chi connectivity index (χ0v) is 11.2. The Morgan fingerprint density at radius 3 is 2.78 bits per heavy atom. The number of hydrogen-bond donors (Lipinski definition) is 1. The first-order valence-electron chi connectivity index (χ1n) is 5.93. The second-order valence-corrected chi connectivity index (χ2v) is 5.18. The van der Waals surface area contributed by atoms with Gasteiger partial charge < -0.3 is 14.9 Å². The molecule has 100 valence electrons. The van der Waals surface area contributed by atoms with E-state index in [-0.39, 0.29) is 11.2 Å². The van der Waals surface area contributed by atoms with E-state index in [1.807, 2.05) is 0 Å². The highest BCUT2D eigenvalue weighted by Crippen LogP contribution is 2.34. The third-order valence-electron chi connectivity index (χ3n) is 3.48. The third kappa shape index (κ3) is 2.67. The largest absolute Gasteiger partial charge is 0.392 e. The SMILES string of the molecule is Cc1cn(CC2(CS)CCOCC2)nc1[N+](=O)[O-]. The first kappa shape index (κ1) is 13.4. The summed E-state index contributed by atoms with van der Waals surface area (Å²) in [6.45, 7) is 3.82. The van der Waals surface area contributed by atoms with E-state index in [9.17, 15) is 10.1 Å². The molecule has 1 aliphatic rings. The summed E-state index contributed by atoms with van der Waals surface area (Å²) in [4.78, 5) is 10.3. The Bertz CT molecular complexity index is 441. The van der Waals surface area contributed by atoms with Crippen LogP contribution in [0.4, 0.5) is 5.82 Å². The van der Waals surface area contributed by atoms with Crippen molar-refractivity contribution in [1.82, 2.24) is 9.78 Å². The highest BCUT2D eigenvalue weighted by atomic mass is 32.1. The number of ether oxygens (including phenoxy) is 1. The Kier molecular flexibility index (Phi) is 3.91. The Morgan fingerprint density at radius 1 is 1.61 bits per heavy atom. The van der Waals surface area contributed by atoms with Gasteiger partial charge in [-0.1, -0.05) is 0 Å². The average Bonchev–Trinajstić information content (AvgIpc) is 2.71. The van der Waals surface area contributed by atoms with Gasteiger partial charge in [0.15, 0.2) is 0 Å². The Hall–Kier alpha value is -1.08. The van der Waals surface area contributed by atoms with Crippen LogP contribution < -0.4 is 0 Å². The normalized spacial score (nSPS) is 18.8. The fourth-order valence-corrected chi connectivity index (χ4v) is 2.70. The first-order chi connectivity index (χ1) is 8.56. The van der Waals surface area contributed by atoms with Crippen LogP contribution in [0.1, 0.15) is 18.4 Å². The molecule has 18 heavy (non-hydrogen) atoms. The highest BCUT2D eigenvalue weighted by molar-refractivity contribution is 7.80. The van der Waals surface area contributed by atoms with Crippen molar-refractivity contribution in [2.75, 3.05) is 19.0 Å². The van der Waals surface area contributed by atoms with E-state index >= 15 is 0 Å². The number of nitro groups is 1. The van der Waals surface area contributed by atoms with Crippen molar-refractivity contribution >= 4 is 18.4 Å². The van der Waals surface area contributed by atoms with Gasteiger partial charge in [0.2, 0.25) is 0 Å². The molecule has 1 aliphatic heterocycles. The van der Waals surface area contributed by atoms with Gasteiger partial charge in [0, 0.05) is 18.6 Å². The smallest absolute Gasteiger partial charge is 0.381 e. The van der Waals surface area contributed by atoms with Gasteiger partial charge in [0.05, 0.1) is 23.4 Å². The van der Waals surface area contributed by atoms with Crippen molar-refractivity contribution in [3.63, 3.8) is 0 Å². The quantitative estimate of drug-likeness (QED) is 0.515. The molecule has 0 radical (unpaired) electrons. The van der Waals surface area contributed by atoms with Crippen molar-refractivity contribution in [3.8, 4) is 0 Å². The molecule has 0 unspecified atom stereocenters.